The van der Waals surface area contributed by atoms with Gasteiger partial charge in [0.2, 0.25) is 17.7 Å². The van der Waals surface area contributed by atoms with E-state index in [1.54, 1.807) is 23.1 Å². The fourth-order valence-corrected chi connectivity index (χ4v) is 10.9. The van der Waals surface area contributed by atoms with Gasteiger partial charge in [-0.15, -0.1) is 0 Å². The summed E-state index contributed by atoms with van der Waals surface area (Å²) in [6.07, 6.45) is 4.18. The van der Waals surface area contributed by atoms with Crippen molar-refractivity contribution in [2.45, 2.75) is 81.6 Å². The molecule has 2 atom stereocenters. The second-order valence-electron chi connectivity index (χ2n) is 18.5. The quantitative estimate of drug-likeness (QED) is 0.127. The number of benzene rings is 4. The number of primary amides is 1. The van der Waals surface area contributed by atoms with Gasteiger partial charge in [-0.05, 0) is 74.4 Å². The third-order valence-corrected chi connectivity index (χ3v) is 14.9. The minimum Gasteiger partial charge on any atom is -0.495 e. The van der Waals surface area contributed by atoms with Crippen LogP contribution in [0.25, 0.3) is 11.1 Å². The van der Waals surface area contributed by atoms with Gasteiger partial charge in [0, 0.05) is 91.9 Å². The third kappa shape index (κ3) is 9.07. The van der Waals surface area contributed by atoms with Crippen molar-refractivity contribution < 1.29 is 51.7 Å². The fourth-order valence-electron chi connectivity index (χ4n) is 10.7. The molecule has 18 heteroatoms. The Morgan fingerprint density at radius 2 is 1.57 bits per heavy atom. The van der Waals surface area contributed by atoms with Crippen molar-refractivity contribution in [3.8, 4) is 28.4 Å². The van der Waals surface area contributed by atoms with Gasteiger partial charge in [-0.2, -0.15) is 0 Å². The number of rotatable bonds is 13. The van der Waals surface area contributed by atoms with Gasteiger partial charge in [-0.3, -0.25) is 29.4 Å². The van der Waals surface area contributed by atoms with Gasteiger partial charge in [0.05, 0.1) is 42.7 Å². The third-order valence-electron chi connectivity index (χ3n) is 14.5. The zero-order chi connectivity index (χ0) is 48.7. The number of nitrogens with one attached hydrogen (secondary N) is 2. The summed E-state index contributed by atoms with van der Waals surface area (Å²) >= 11 is 6.68. The topological polar surface area (TPSA) is 182 Å². The van der Waals surface area contributed by atoms with E-state index in [-0.39, 0.29) is 88.1 Å². The van der Waals surface area contributed by atoms with Crippen LogP contribution in [0.5, 0.6) is 17.2 Å². The van der Waals surface area contributed by atoms with Gasteiger partial charge in [-0.1, -0.05) is 48.9 Å². The predicted molar refractivity (Wildman–Crippen MR) is 252 cm³/mol. The molecule has 6 amide bonds. The lowest BCUT2D eigenvalue weighted by molar-refractivity contribution is -0.157. The molecule has 9 rings (SSSR count). The summed E-state index contributed by atoms with van der Waals surface area (Å²) < 4.78 is 55.8. The molecule has 0 bridgehead atoms. The number of hydrogen-bond acceptors (Lipinski definition) is 10. The molecule has 0 unspecified atom stereocenters. The predicted octanol–water partition coefficient (Wildman–Crippen LogP) is 6.92. The molecule has 15 nitrogen and oxygen atoms in total. The maximum absolute atomic E-state index is 16.2. The lowest BCUT2D eigenvalue weighted by atomic mass is 9.77. The van der Waals surface area contributed by atoms with E-state index in [1.165, 1.54) is 37.3 Å². The molecule has 3 saturated heterocycles. The molecule has 4 aromatic rings. The number of halogens is 3. The maximum atomic E-state index is 16.2. The molecule has 1 aliphatic carbocycles. The first-order valence-electron chi connectivity index (χ1n) is 23.4. The Balaban J connectivity index is 0.783. The van der Waals surface area contributed by atoms with Crippen LogP contribution in [0, 0.1) is 17.6 Å². The zero-order valence-electron chi connectivity index (χ0n) is 38.7. The average molecular weight is 969 g/mol. The molecule has 69 heavy (non-hydrogen) atoms. The minimum absolute atomic E-state index is 0.0223. The zero-order valence-corrected chi connectivity index (χ0v) is 39.4. The number of fused-ring (bicyclic) bond motifs is 1. The number of ether oxygens (including phenoxy) is 4. The summed E-state index contributed by atoms with van der Waals surface area (Å²) in [6.45, 7) is 4.41. The van der Waals surface area contributed by atoms with E-state index in [1.807, 2.05) is 42.2 Å². The normalized spacial score (nSPS) is 22.9. The second-order valence-corrected chi connectivity index (χ2v) is 18.8. The number of piperidine rings is 1. The van der Waals surface area contributed by atoms with E-state index < -0.39 is 35.1 Å². The van der Waals surface area contributed by atoms with Crippen LogP contribution in [-0.2, 0) is 19.9 Å². The lowest BCUT2D eigenvalue weighted by Gasteiger charge is -2.44. The number of imide groups is 1. The van der Waals surface area contributed by atoms with Crippen LogP contribution >= 0.6 is 11.6 Å². The summed E-state index contributed by atoms with van der Waals surface area (Å²) in [7, 11) is 2.77. The van der Waals surface area contributed by atoms with Crippen molar-refractivity contribution in [2.75, 3.05) is 58.4 Å². The van der Waals surface area contributed by atoms with Crippen LogP contribution in [0.15, 0.2) is 66.7 Å². The second kappa shape index (κ2) is 19.6. The van der Waals surface area contributed by atoms with Crippen molar-refractivity contribution in [2.24, 2.45) is 11.7 Å². The van der Waals surface area contributed by atoms with Crippen LogP contribution in [0.3, 0.4) is 0 Å². The Bertz CT molecular complexity index is 2670. The fraction of sp³-hybridized carbons (Fsp3) is 0.431. The summed E-state index contributed by atoms with van der Waals surface area (Å²) in [6, 6.07) is 17.8. The summed E-state index contributed by atoms with van der Waals surface area (Å²) in [5.74, 6) is -3.29. The lowest BCUT2D eigenvalue weighted by Crippen LogP contribution is -2.58. The smallest absolute Gasteiger partial charge is 0.328 e. The van der Waals surface area contributed by atoms with E-state index in [0.717, 1.165) is 18.4 Å². The van der Waals surface area contributed by atoms with Gasteiger partial charge in [0.15, 0.2) is 17.2 Å². The van der Waals surface area contributed by atoms with E-state index in [9.17, 15) is 24.0 Å². The first-order chi connectivity index (χ1) is 33.2. The molecule has 1 saturated carbocycles. The highest BCUT2D eigenvalue weighted by atomic mass is 35.5. The largest absolute Gasteiger partial charge is 0.495 e. The minimum atomic E-state index is -1.10. The number of nitrogens with two attached hydrogens (primary N) is 1. The first kappa shape index (κ1) is 47.8. The molecule has 4 aliphatic heterocycles. The molecule has 4 fully saturated rings. The molecule has 0 aromatic heterocycles. The number of amides is 6. The highest BCUT2D eigenvalue weighted by Crippen LogP contribution is 2.56. The summed E-state index contributed by atoms with van der Waals surface area (Å²) in [4.78, 5) is 69.3. The monoisotopic (exact) mass is 968 g/mol. The van der Waals surface area contributed by atoms with Gasteiger partial charge in [0.1, 0.15) is 17.3 Å². The number of carbonyl (C=O) groups excluding carboxylic acids is 5. The summed E-state index contributed by atoms with van der Waals surface area (Å²) in [5, 5.41) is 5.64. The van der Waals surface area contributed by atoms with E-state index >= 15 is 8.78 Å². The Kier molecular flexibility index (Phi) is 13.6. The molecular formula is C51H55ClF2N6O9. The number of hydrogen-bond donors (Lipinski definition) is 3. The maximum Gasteiger partial charge on any atom is 0.328 e. The average Bonchev–Trinajstić information content (AvgIpc) is 3.62. The molecular weight excluding hydrogens is 914 g/mol. The number of likely N-dealkylation sites (tertiary alicyclic amines) is 2. The number of methoxy groups -OCH3 is 2. The number of urea groups is 1. The van der Waals surface area contributed by atoms with Crippen LogP contribution in [0.1, 0.15) is 89.6 Å². The van der Waals surface area contributed by atoms with Crippen LogP contribution in [-0.4, -0.2) is 111 Å². The van der Waals surface area contributed by atoms with E-state index in [4.69, 9.17) is 36.3 Å². The summed E-state index contributed by atoms with van der Waals surface area (Å²) in [5.41, 5.74) is 6.23. The Labute approximate surface area is 403 Å². The first-order valence-corrected chi connectivity index (χ1v) is 23.8. The molecule has 5 aliphatic rings. The molecule has 4 N–H and O–H groups in total. The SMILES string of the molecule is COc1ccc(C(=O)N2CCC(OC3CN(C(=O)C4CCC(NC[C@]5(c6ccccc6)Oc6cc(F)c(Cl)c(-c7c(C(N)=O)ccc(OC)c7F)c6[C@@H]5C)CC4)C3)CC2)cc1N1CCC(=O)NC1=O. The van der Waals surface area contributed by atoms with E-state index in [0.29, 0.717) is 81.0 Å². The Morgan fingerprint density at radius 3 is 2.23 bits per heavy atom. The highest BCUT2D eigenvalue weighted by Gasteiger charge is 2.50. The van der Waals surface area contributed by atoms with E-state index in [2.05, 4.69) is 10.6 Å². The standard InChI is InChI=1S/C51H55ClF2N6O9/c1-28-42-40(24-36(53)45(52)44(42)43-35(47(55)62)14-16-39(67-3)46(43)54)69-51(28,31-7-5-4-6-8-31)27-56-32-12-9-29(10-13-32)48(63)59-25-34(26-59)68-33-17-20-58(21-18-33)49(64)30-11-15-38(66-2)37(23-30)60-22-19-41(61)57-50(60)65/h4-8,11,14-16,23-24,28-29,32-34,56H,9-10,12-13,17-22,25-27H2,1-3H3,(H2,55,62)(H,57,61,65)/t28-,29?,32?,51-/m0/s1. The number of carbonyl (C=O) groups is 5. The van der Waals surface area contributed by atoms with Crippen molar-refractivity contribution >= 4 is 46.9 Å². The van der Waals surface area contributed by atoms with Crippen LogP contribution in [0.2, 0.25) is 5.02 Å². The van der Waals surface area contributed by atoms with Gasteiger partial charge < -0.3 is 39.8 Å². The highest BCUT2D eigenvalue weighted by molar-refractivity contribution is 6.34. The molecule has 0 spiro atoms. The number of nitrogens with zero attached hydrogens (tertiary/aromatic N) is 3. The van der Waals surface area contributed by atoms with Crippen LogP contribution in [0.4, 0.5) is 19.3 Å². The van der Waals surface area contributed by atoms with Crippen LogP contribution < -0.4 is 35.5 Å². The van der Waals surface area contributed by atoms with Crippen molar-refractivity contribution in [3.05, 3.63) is 106 Å². The van der Waals surface area contributed by atoms with Crippen molar-refractivity contribution in [1.82, 2.24) is 20.4 Å². The molecule has 0 radical (unpaired) electrons. The number of anilines is 1. The molecule has 364 valence electrons. The van der Waals surface area contributed by atoms with Crippen molar-refractivity contribution in [3.63, 3.8) is 0 Å². The van der Waals surface area contributed by atoms with Gasteiger partial charge >= 0.3 is 6.03 Å². The Morgan fingerprint density at radius 1 is 0.870 bits per heavy atom. The van der Waals surface area contributed by atoms with Gasteiger partial charge in [-0.25, -0.2) is 13.6 Å². The molecule has 4 heterocycles. The van der Waals surface area contributed by atoms with Gasteiger partial charge in [0.25, 0.3) is 5.91 Å². The van der Waals surface area contributed by atoms with Crippen molar-refractivity contribution in [1.29, 1.82) is 0 Å². The Hall–Kier alpha value is -6.30. The molecule has 4 aromatic carbocycles.